The molecule has 4 nitrogen and oxygen atoms in total. The molecule has 0 unspecified atom stereocenters. The normalized spacial score (nSPS) is 17.7. The number of ether oxygens (including phenoxy) is 1. The number of β-amino-alcohol motifs (C(OH)–C–C–N with tert-alkyl or cyclic N) is 1. The van der Waals surface area contributed by atoms with E-state index in [0.29, 0.717) is 22.4 Å². The minimum Gasteiger partial charge on any atom is -0.489 e. The van der Waals surface area contributed by atoms with Gasteiger partial charge in [-0.1, -0.05) is 29.3 Å². The number of para-hydroxylation sites is 1. The molecule has 0 radical (unpaired) electrons. The van der Waals surface area contributed by atoms with E-state index in [4.69, 9.17) is 33.0 Å². The standard InChI is InChI=1S/C15H22Cl2N2O2/c16-13-3-1-4-14(17)15(13)21-12-10-19-6-2-5-18(7-8-19)9-11-20/h1,3-4,20H,2,5-12H2. The Balaban J connectivity index is 1.76. The summed E-state index contributed by atoms with van der Waals surface area (Å²) in [5.74, 6) is 0.567. The van der Waals surface area contributed by atoms with Gasteiger partial charge in [0.05, 0.1) is 16.7 Å². The predicted molar refractivity (Wildman–Crippen MR) is 86.5 cm³/mol. The third kappa shape index (κ3) is 5.31. The monoisotopic (exact) mass is 332 g/mol. The molecular formula is C15H22Cl2N2O2. The Morgan fingerprint density at radius 3 is 2.24 bits per heavy atom. The topological polar surface area (TPSA) is 35.9 Å². The summed E-state index contributed by atoms with van der Waals surface area (Å²) in [4.78, 5) is 4.67. The Hall–Kier alpha value is -0.520. The molecule has 1 N–H and O–H groups in total. The first kappa shape index (κ1) is 16.8. The largest absolute Gasteiger partial charge is 0.489 e. The van der Waals surface area contributed by atoms with Crippen molar-refractivity contribution in [2.45, 2.75) is 6.42 Å². The van der Waals surface area contributed by atoms with E-state index >= 15 is 0 Å². The molecule has 1 aromatic rings. The van der Waals surface area contributed by atoms with Gasteiger partial charge in [-0.25, -0.2) is 0 Å². The fourth-order valence-electron chi connectivity index (χ4n) is 2.51. The average Bonchev–Trinajstić information content (AvgIpc) is 2.68. The van der Waals surface area contributed by atoms with Crippen molar-refractivity contribution in [3.63, 3.8) is 0 Å². The van der Waals surface area contributed by atoms with Crippen molar-refractivity contribution in [1.29, 1.82) is 0 Å². The van der Waals surface area contributed by atoms with Crippen LogP contribution < -0.4 is 4.74 Å². The van der Waals surface area contributed by atoms with Crippen LogP contribution in [0.25, 0.3) is 0 Å². The van der Waals surface area contributed by atoms with Crippen LogP contribution in [0, 0.1) is 0 Å². The van der Waals surface area contributed by atoms with Crippen LogP contribution in [-0.4, -0.2) is 67.4 Å². The van der Waals surface area contributed by atoms with Crippen LogP contribution >= 0.6 is 23.2 Å². The molecule has 0 amide bonds. The average molecular weight is 333 g/mol. The van der Waals surface area contributed by atoms with Crippen molar-refractivity contribution in [1.82, 2.24) is 9.80 Å². The molecule has 21 heavy (non-hydrogen) atoms. The summed E-state index contributed by atoms with van der Waals surface area (Å²) in [6, 6.07) is 5.37. The molecule has 0 spiro atoms. The van der Waals surface area contributed by atoms with Gasteiger partial charge in [-0.3, -0.25) is 9.80 Å². The van der Waals surface area contributed by atoms with Gasteiger partial charge in [0, 0.05) is 26.2 Å². The lowest BCUT2D eigenvalue weighted by Gasteiger charge is -2.21. The van der Waals surface area contributed by atoms with Crippen LogP contribution in [-0.2, 0) is 0 Å². The molecular weight excluding hydrogens is 311 g/mol. The van der Waals surface area contributed by atoms with E-state index in [1.165, 1.54) is 0 Å². The van der Waals surface area contributed by atoms with Crippen LogP contribution in [0.4, 0.5) is 0 Å². The van der Waals surface area contributed by atoms with Gasteiger partial charge in [0.15, 0.2) is 5.75 Å². The first-order valence-electron chi connectivity index (χ1n) is 7.33. The third-order valence-corrected chi connectivity index (χ3v) is 4.27. The Morgan fingerprint density at radius 1 is 1.00 bits per heavy atom. The second-order valence-corrected chi connectivity index (χ2v) is 5.97. The Bertz CT molecular complexity index is 425. The number of hydrogen-bond acceptors (Lipinski definition) is 4. The van der Waals surface area contributed by atoms with Crippen molar-refractivity contribution in [2.24, 2.45) is 0 Å². The second kappa shape index (κ2) is 8.81. The number of benzene rings is 1. The van der Waals surface area contributed by atoms with Crippen LogP contribution in [0.5, 0.6) is 5.75 Å². The highest BCUT2D eigenvalue weighted by Crippen LogP contribution is 2.32. The SMILES string of the molecule is OCCN1CCCN(CCOc2c(Cl)cccc2Cl)CC1. The molecule has 0 aliphatic carbocycles. The number of nitrogens with zero attached hydrogens (tertiary/aromatic N) is 2. The summed E-state index contributed by atoms with van der Waals surface area (Å²) in [6.07, 6.45) is 1.12. The molecule has 1 aliphatic heterocycles. The minimum atomic E-state index is 0.230. The Morgan fingerprint density at radius 2 is 1.62 bits per heavy atom. The molecule has 1 aliphatic rings. The molecule has 2 rings (SSSR count). The van der Waals surface area contributed by atoms with E-state index in [1.54, 1.807) is 12.1 Å². The van der Waals surface area contributed by atoms with Crippen LogP contribution in [0.1, 0.15) is 6.42 Å². The van der Waals surface area contributed by atoms with Gasteiger partial charge < -0.3 is 9.84 Å². The molecule has 0 atom stereocenters. The fourth-order valence-corrected chi connectivity index (χ4v) is 3.02. The molecule has 1 fully saturated rings. The lowest BCUT2D eigenvalue weighted by molar-refractivity contribution is 0.188. The zero-order chi connectivity index (χ0) is 15.1. The molecule has 0 bridgehead atoms. The molecule has 1 aromatic carbocycles. The smallest absolute Gasteiger partial charge is 0.156 e. The maximum absolute atomic E-state index is 9.00. The van der Waals surface area contributed by atoms with Gasteiger partial charge in [-0.15, -0.1) is 0 Å². The summed E-state index contributed by atoms with van der Waals surface area (Å²) in [5, 5.41) is 10.1. The molecule has 6 heteroatoms. The highest BCUT2D eigenvalue weighted by Gasteiger charge is 2.14. The third-order valence-electron chi connectivity index (χ3n) is 3.67. The molecule has 118 valence electrons. The minimum absolute atomic E-state index is 0.230. The predicted octanol–water partition coefficient (Wildman–Crippen LogP) is 2.37. The second-order valence-electron chi connectivity index (χ2n) is 5.16. The van der Waals surface area contributed by atoms with E-state index in [-0.39, 0.29) is 6.61 Å². The van der Waals surface area contributed by atoms with Gasteiger partial charge in [0.1, 0.15) is 6.61 Å². The molecule has 1 heterocycles. The first-order valence-corrected chi connectivity index (χ1v) is 8.08. The number of rotatable bonds is 6. The van der Waals surface area contributed by atoms with Crippen LogP contribution in [0.2, 0.25) is 10.0 Å². The van der Waals surface area contributed by atoms with E-state index in [9.17, 15) is 0 Å². The summed E-state index contributed by atoms with van der Waals surface area (Å²) in [7, 11) is 0. The zero-order valence-electron chi connectivity index (χ0n) is 12.1. The van der Waals surface area contributed by atoms with Gasteiger partial charge in [0.2, 0.25) is 0 Å². The lowest BCUT2D eigenvalue weighted by Crippen LogP contribution is -2.34. The van der Waals surface area contributed by atoms with E-state index in [1.807, 2.05) is 6.07 Å². The number of halogens is 2. The van der Waals surface area contributed by atoms with Crippen molar-refractivity contribution in [2.75, 3.05) is 52.5 Å². The highest BCUT2D eigenvalue weighted by atomic mass is 35.5. The van der Waals surface area contributed by atoms with Gasteiger partial charge in [-0.05, 0) is 31.6 Å². The summed E-state index contributed by atoms with van der Waals surface area (Å²) >= 11 is 12.2. The molecule has 1 saturated heterocycles. The van der Waals surface area contributed by atoms with Gasteiger partial charge >= 0.3 is 0 Å². The van der Waals surface area contributed by atoms with E-state index in [2.05, 4.69) is 9.80 Å². The Kier molecular flexibility index (Phi) is 7.07. The van der Waals surface area contributed by atoms with Crippen molar-refractivity contribution < 1.29 is 9.84 Å². The summed E-state index contributed by atoms with van der Waals surface area (Å²) in [6.45, 7) is 6.52. The van der Waals surface area contributed by atoms with Crippen molar-refractivity contribution >= 4 is 23.2 Å². The quantitative estimate of drug-likeness (QED) is 0.867. The van der Waals surface area contributed by atoms with E-state index < -0.39 is 0 Å². The van der Waals surface area contributed by atoms with Gasteiger partial charge in [0.25, 0.3) is 0 Å². The lowest BCUT2D eigenvalue weighted by atomic mass is 10.3. The maximum atomic E-state index is 9.00. The number of hydrogen-bond donors (Lipinski definition) is 1. The van der Waals surface area contributed by atoms with Gasteiger partial charge in [-0.2, -0.15) is 0 Å². The van der Waals surface area contributed by atoms with Crippen molar-refractivity contribution in [3.05, 3.63) is 28.2 Å². The number of aliphatic hydroxyl groups excluding tert-OH is 1. The molecule has 0 aromatic heterocycles. The summed E-state index contributed by atoms with van der Waals surface area (Å²) < 4.78 is 5.73. The summed E-state index contributed by atoms with van der Waals surface area (Å²) in [5.41, 5.74) is 0. The van der Waals surface area contributed by atoms with E-state index in [0.717, 1.165) is 45.7 Å². The maximum Gasteiger partial charge on any atom is 0.156 e. The highest BCUT2D eigenvalue weighted by molar-refractivity contribution is 6.37. The fraction of sp³-hybridized carbons (Fsp3) is 0.600. The first-order chi connectivity index (χ1) is 10.2. The number of aliphatic hydroxyl groups is 1. The van der Waals surface area contributed by atoms with Crippen LogP contribution in [0.15, 0.2) is 18.2 Å². The Labute approximate surface area is 136 Å². The van der Waals surface area contributed by atoms with Crippen LogP contribution in [0.3, 0.4) is 0 Å². The van der Waals surface area contributed by atoms with Crippen molar-refractivity contribution in [3.8, 4) is 5.75 Å². The zero-order valence-corrected chi connectivity index (χ0v) is 13.6. The molecule has 0 saturated carbocycles.